The van der Waals surface area contributed by atoms with Crippen molar-refractivity contribution in [3.8, 4) is 0 Å². The molecule has 2 saturated heterocycles. The van der Waals surface area contributed by atoms with Gasteiger partial charge in [0, 0.05) is 55.9 Å². The molecule has 1 aromatic heterocycles. The van der Waals surface area contributed by atoms with Gasteiger partial charge in [0.15, 0.2) is 0 Å². The van der Waals surface area contributed by atoms with E-state index in [4.69, 9.17) is 0 Å². The van der Waals surface area contributed by atoms with Crippen molar-refractivity contribution in [2.24, 2.45) is 23.7 Å². The second-order valence-corrected chi connectivity index (χ2v) is 10.4. The Morgan fingerprint density at radius 3 is 2.61 bits per heavy atom. The SMILES string of the molecule is C[C@H]1CC(NC(=O)CC2C3C[C@@H]2CN(C)C3)CN(c2ccc(C(F)(F)F)c3ncccc23)C1. The minimum Gasteiger partial charge on any atom is -0.369 e. The highest BCUT2D eigenvalue weighted by Gasteiger charge is 2.46. The average Bonchev–Trinajstić information content (AvgIpc) is 2.75. The van der Waals surface area contributed by atoms with Crippen LogP contribution in [0.3, 0.4) is 0 Å². The summed E-state index contributed by atoms with van der Waals surface area (Å²) in [5, 5.41) is 3.74. The quantitative estimate of drug-likeness (QED) is 0.744. The summed E-state index contributed by atoms with van der Waals surface area (Å²) in [6.45, 7) is 5.62. The van der Waals surface area contributed by atoms with Crippen LogP contribution in [0.2, 0.25) is 0 Å². The van der Waals surface area contributed by atoms with E-state index in [0.29, 0.717) is 42.0 Å². The van der Waals surface area contributed by atoms with Crippen LogP contribution in [0.1, 0.15) is 31.7 Å². The number of nitrogens with one attached hydrogen (secondary N) is 1. The maximum Gasteiger partial charge on any atom is 0.418 e. The first kappa shape index (κ1) is 22.4. The fourth-order valence-electron chi connectivity index (χ4n) is 6.37. The molecule has 3 heterocycles. The monoisotopic (exact) mass is 460 g/mol. The van der Waals surface area contributed by atoms with E-state index in [2.05, 4.69) is 34.1 Å². The molecule has 2 aromatic rings. The zero-order chi connectivity index (χ0) is 23.3. The molecule has 1 aliphatic carbocycles. The summed E-state index contributed by atoms with van der Waals surface area (Å²) in [5.41, 5.74) is 0.00437. The van der Waals surface area contributed by atoms with Gasteiger partial charge in [-0.05, 0) is 67.8 Å². The van der Waals surface area contributed by atoms with Crippen molar-refractivity contribution < 1.29 is 18.0 Å². The van der Waals surface area contributed by atoms with Gasteiger partial charge in [0.05, 0.1) is 11.1 Å². The molecular formula is C25H31F3N4O. The van der Waals surface area contributed by atoms with E-state index in [0.717, 1.165) is 37.8 Å². The highest BCUT2D eigenvalue weighted by Crippen LogP contribution is 2.47. The van der Waals surface area contributed by atoms with Gasteiger partial charge >= 0.3 is 6.18 Å². The Labute approximate surface area is 192 Å². The average molecular weight is 461 g/mol. The number of carbonyl (C=O) groups is 1. The number of nitrogens with zero attached hydrogens (tertiary/aromatic N) is 3. The van der Waals surface area contributed by atoms with E-state index < -0.39 is 11.7 Å². The lowest BCUT2D eigenvalue weighted by Gasteiger charge is -2.53. The minimum absolute atomic E-state index is 0.0159. The molecule has 178 valence electrons. The number of fused-ring (bicyclic) bond motifs is 3. The molecule has 1 saturated carbocycles. The summed E-state index contributed by atoms with van der Waals surface area (Å²) in [4.78, 5) is 21.4. The molecule has 3 aliphatic rings. The molecule has 1 N–H and O–H groups in total. The molecule has 8 heteroatoms. The van der Waals surface area contributed by atoms with Gasteiger partial charge in [0.2, 0.25) is 5.91 Å². The molecule has 2 bridgehead atoms. The van der Waals surface area contributed by atoms with Crippen LogP contribution in [-0.4, -0.2) is 55.1 Å². The van der Waals surface area contributed by atoms with E-state index in [1.807, 2.05) is 0 Å². The van der Waals surface area contributed by atoms with Gasteiger partial charge in [-0.2, -0.15) is 13.2 Å². The number of aromatic nitrogens is 1. The van der Waals surface area contributed by atoms with Crippen LogP contribution < -0.4 is 10.2 Å². The molecular weight excluding hydrogens is 429 g/mol. The second kappa shape index (κ2) is 8.46. The predicted octanol–water partition coefficient (Wildman–Crippen LogP) is 4.17. The third-order valence-electron chi connectivity index (χ3n) is 7.75. The lowest BCUT2D eigenvalue weighted by Crippen LogP contribution is -2.56. The minimum atomic E-state index is -4.45. The summed E-state index contributed by atoms with van der Waals surface area (Å²) >= 11 is 0. The number of alkyl halides is 3. The highest BCUT2D eigenvalue weighted by molar-refractivity contribution is 5.94. The number of likely N-dealkylation sites (tertiary alicyclic amines) is 1. The van der Waals surface area contributed by atoms with Crippen LogP contribution in [0.25, 0.3) is 10.9 Å². The molecule has 0 spiro atoms. The van der Waals surface area contributed by atoms with E-state index >= 15 is 0 Å². The standard InChI is InChI=1S/C25H31F3N4O/c1-15-8-18(30-23(33)10-20-16-9-17(20)13-31(2)12-16)14-32(11-15)22-6-5-21(25(26,27)28)24-19(22)4-3-7-29-24/h3-7,15-18,20H,8-14H2,1-2H3,(H,30,33)/t15-,16+,17?,18?,20?/m0/s1. The van der Waals surface area contributed by atoms with Crippen molar-refractivity contribution in [3.05, 3.63) is 36.0 Å². The van der Waals surface area contributed by atoms with Crippen molar-refractivity contribution in [3.63, 3.8) is 0 Å². The number of pyridine rings is 1. The van der Waals surface area contributed by atoms with Gasteiger partial charge in [-0.1, -0.05) is 6.92 Å². The van der Waals surface area contributed by atoms with E-state index in [9.17, 15) is 18.0 Å². The normalized spacial score (nSPS) is 30.2. The van der Waals surface area contributed by atoms with Crippen LogP contribution in [-0.2, 0) is 11.0 Å². The molecule has 5 rings (SSSR count). The zero-order valence-corrected chi connectivity index (χ0v) is 19.1. The van der Waals surface area contributed by atoms with Gasteiger partial charge < -0.3 is 15.1 Å². The number of rotatable bonds is 4. The number of halogens is 3. The summed E-state index contributed by atoms with van der Waals surface area (Å²) in [5.74, 6) is 2.18. The first-order valence-corrected chi connectivity index (χ1v) is 11.9. The largest absolute Gasteiger partial charge is 0.418 e. The van der Waals surface area contributed by atoms with Gasteiger partial charge in [-0.25, -0.2) is 0 Å². The Kier molecular flexibility index (Phi) is 5.75. The van der Waals surface area contributed by atoms with Crippen molar-refractivity contribution in [2.45, 2.75) is 38.4 Å². The molecule has 3 unspecified atom stereocenters. The van der Waals surface area contributed by atoms with Gasteiger partial charge in [-0.3, -0.25) is 9.78 Å². The number of anilines is 1. The number of amides is 1. The van der Waals surface area contributed by atoms with E-state index in [1.54, 1.807) is 18.2 Å². The Balaban J connectivity index is 1.30. The number of benzene rings is 1. The molecule has 5 nitrogen and oxygen atoms in total. The van der Waals surface area contributed by atoms with Crippen LogP contribution in [0, 0.1) is 23.7 Å². The Hall–Kier alpha value is -2.35. The highest BCUT2D eigenvalue weighted by atomic mass is 19.4. The fraction of sp³-hybridized carbons (Fsp3) is 0.600. The summed E-state index contributed by atoms with van der Waals surface area (Å²) < 4.78 is 40.5. The molecule has 33 heavy (non-hydrogen) atoms. The van der Waals surface area contributed by atoms with Crippen LogP contribution in [0.15, 0.2) is 30.5 Å². The summed E-state index contributed by atoms with van der Waals surface area (Å²) in [7, 11) is 2.15. The van der Waals surface area contributed by atoms with Gasteiger partial charge in [0.25, 0.3) is 0 Å². The molecule has 0 radical (unpaired) electrons. The van der Waals surface area contributed by atoms with Crippen LogP contribution in [0.5, 0.6) is 0 Å². The smallest absolute Gasteiger partial charge is 0.369 e. The third kappa shape index (κ3) is 4.42. The Morgan fingerprint density at radius 1 is 1.12 bits per heavy atom. The predicted molar refractivity (Wildman–Crippen MR) is 122 cm³/mol. The first-order valence-electron chi connectivity index (χ1n) is 11.9. The number of piperidine rings is 3. The molecule has 1 aromatic carbocycles. The lowest BCUT2D eigenvalue weighted by molar-refractivity contribution is -0.136. The third-order valence-corrected chi connectivity index (χ3v) is 7.75. The maximum atomic E-state index is 13.5. The van der Waals surface area contributed by atoms with E-state index in [1.165, 1.54) is 12.6 Å². The van der Waals surface area contributed by atoms with Gasteiger partial charge in [-0.15, -0.1) is 0 Å². The zero-order valence-electron chi connectivity index (χ0n) is 19.1. The molecule has 5 atom stereocenters. The molecule has 1 amide bonds. The molecule has 3 fully saturated rings. The van der Waals surface area contributed by atoms with Crippen molar-refractivity contribution in [2.75, 3.05) is 38.1 Å². The maximum absolute atomic E-state index is 13.5. The lowest BCUT2D eigenvalue weighted by atomic mass is 9.60. The van der Waals surface area contributed by atoms with Crippen molar-refractivity contribution >= 4 is 22.5 Å². The molecule has 2 aliphatic heterocycles. The second-order valence-electron chi connectivity index (χ2n) is 10.4. The first-order chi connectivity index (χ1) is 15.7. The Bertz CT molecular complexity index is 1030. The van der Waals surface area contributed by atoms with Crippen molar-refractivity contribution in [1.29, 1.82) is 0 Å². The fourth-order valence-corrected chi connectivity index (χ4v) is 6.37. The van der Waals surface area contributed by atoms with Crippen molar-refractivity contribution in [1.82, 2.24) is 15.2 Å². The van der Waals surface area contributed by atoms with E-state index in [-0.39, 0.29) is 17.5 Å². The van der Waals surface area contributed by atoms with Crippen LogP contribution >= 0.6 is 0 Å². The van der Waals surface area contributed by atoms with Gasteiger partial charge in [0.1, 0.15) is 0 Å². The topological polar surface area (TPSA) is 48.5 Å². The van der Waals surface area contributed by atoms with Crippen LogP contribution in [0.4, 0.5) is 18.9 Å². The summed E-state index contributed by atoms with van der Waals surface area (Å²) in [6, 6.07) is 6.04. The number of hydrogen-bond donors (Lipinski definition) is 1. The number of hydrogen-bond acceptors (Lipinski definition) is 4. The Morgan fingerprint density at radius 2 is 1.88 bits per heavy atom. The number of carbonyl (C=O) groups excluding carboxylic acids is 1. The summed E-state index contributed by atoms with van der Waals surface area (Å²) in [6.07, 6.45) is -0.353.